The average molecular weight is 436 g/mol. The van der Waals surface area contributed by atoms with Crippen LogP contribution in [0.3, 0.4) is 0 Å². The summed E-state index contributed by atoms with van der Waals surface area (Å²) in [4.78, 5) is 26.1. The second-order valence-electron chi connectivity index (χ2n) is 7.69. The SMILES string of the molecule is O=C(O)c1ccc(CN(CC2CC2)C(=O)c2ccc(Oc3ccccc3Cl)cc2)cc1. The zero-order valence-corrected chi connectivity index (χ0v) is 17.6. The highest BCUT2D eigenvalue weighted by atomic mass is 35.5. The predicted octanol–water partition coefficient (Wildman–Crippen LogP) is 5.88. The van der Waals surface area contributed by atoms with E-state index in [9.17, 15) is 9.59 Å². The third-order valence-electron chi connectivity index (χ3n) is 5.20. The van der Waals surface area contributed by atoms with E-state index in [2.05, 4.69) is 0 Å². The second-order valence-corrected chi connectivity index (χ2v) is 8.10. The largest absolute Gasteiger partial charge is 0.478 e. The van der Waals surface area contributed by atoms with Gasteiger partial charge in [0.05, 0.1) is 10.6 Å². The number of hydrogen-bond acceptors (Lipinski definition) is 3. The topological polar surface area (TPSA) is 66.8 Å². The highest BCUT2D eigenvalue weighted by Crippen LogP contribution is 2.32. The van der Waals surface area contributed by atoms with Crippen molar-refractivity contribution >= 4 is 23.5 Å². The zero-order chi connectivity index (χ0) is 21.8. The third-order valence-corrected chi connectivity index (χ3v) is 5.52. The Hall–Kier alpha value is -3.31. The lowest BCUT2D eigenvalue weighted by Gasteiger charge is -2.23. The monoisotopic (exact) mass is 435 g/mol. The van der Waals surface area contributed by atoms with Crippen LogP contribution in [0, 0.1) is 5.92 Å². The highest BCUT2D eigenvalue weighted by molar-refractivity contribution is 6.32. The summed E-state index contributed by atoms with van der Waals surface area (Å²) in [6.07, 6.45) is 2.26. The molecule has 1 N–H and O–H groups in total. The molecule has 3 aromatic rings. The fourth-order valence-corrected chi connectivity index (χ4v) is 3.48. The summed E-state index contributed by atoms with van der Waals surface area (Å²) < 4.78 is 5.80. The minimum absolute atomic E-state index is 0.0569. The molecule has 0 atom stereocenters. The Morgan fingerprint density at radius 3 is 2.19 bits per heavy atom. The van der Waals surface area contributed by atoms with Crippen molar-refractivity contribution < 1.29 is 19.4 Å². The van der Waals surface area contributed by atoms with E-state index in [0.717, 1.165) is 18.4 Å². The number of benzene rings is 3. The van der Waals surface area contributed by atoms with Gasteiger partial charge in [0.25, 0.3) is 5.91 Å². The third kappa shape index (κ3) is 5.44. The molecule has 6 heteroatoms. The van der Waals surface area contributed by atoms with Gasteiger partial charge in [-0.1, -0.05) is 35.9 Å². The molecular weight excluding hydrogens is 414 g/mol. The lowest BCUT2D eigenvalue weighted by Crippen LogP contribution is -2.32. The number of nitrogens with zero attached hydrogens (tertiary/aromatic N) is 1. The van der Waals surface area contributed by atoms with Crippen molar-refractivity contribution in [1.29, 1.82) is 0 Å². The molecule has 1 saturated carbocycles. The van der Waals surface area contributed by atoms with Gasteiger partial charge in [0, 0.05) is 18.7 Å². The van der Waals surface area contributed by atoms with Gasteiger partial charge in [-0.2, -0.15) is 0 Å². The average Bonchev–Trinajstić information content (AvgIpc) is 3.59. The summed E-state index contributed by atoms with van der Waals surface area (Å²) in [5.41, 5.74) is 1.71. The normalized spacial score (nSPS) is 12.9. The van der Waals surface area contributed by atoms with Crippen LogP contribution in [0.4, 0.5) is 0 Å². The molecular formula is C25H22ClNO4. The van der Waals surface area contributed by atoms with Crippen LogP contribution in [-0.2, 0) is 6.54 Å². The molecule has 0 bridgehead atoms. The van der Waals surface area contributed by atoms with Gasteiger partial charge >= 0.3 is 5.97 Å². The van der Waals surface area contributed by atoms with Crippen molar-refractivity contribution in [2.24, 2.45) is 5.92 Å². The summed E-state index contributed by atoms with van der Waals surface area (Å²) in [6.45, 7) is 1.13. The van der Waals surface area contributed by atoms with Gasteiger partial charge in [0.2, 0.25) is 0 Å². The number of amides is 1. The molecule has 0 heterocycles. The number of carboxylic acid groups (broad SMARTS) is 1. The number of hydrogen-bond donors (Lipinski definition) is 1. The van der Waals surface area contributed by atoms with Crippen LogP contribution in [0.15, 0.2) is 72.8 Å². The minimum Gasteiger partial charge on any atom is -0.478 e. The lowest BCUT2D eigenvalue weighted by atomic mass is 10.1. The molecule has 1 aliphatic rings. The molecule has 3 aromatic carbocycles. The summed E-state index contributed by atoms with van der Waals surface area (Å²) in [6, 6.07) is 20.9. The van der Waals surface area contributed by atoms with E-state index >= 15 is 0 Å². The van der Waals surface area contributed by atoms with Crippen molar-refractivity contribution in [1.82, 2.24) is 4.90 Å². The molecule has 0 radical (unpaired) electrons. The van der Waals surface area contributed by atoms with Gasteiger partial charge in [-0.25, -0.2) is 4.79 Å². The number of aromatic carboxylic acids is 1. The van der Waals surface area contributed by atoms with Crippen LogP contribution < -0.4 is 4.74 Å². The summed E-state index contributed by atoms with van der Waals surface area (Å²) in [5.74, 6) is 0.672. The first-order chi connectivity index (χ1) is 15.0. The van der Waals surface area contributed by atoms with E-state index in [1.54, 1.807) is 60.7 Å². The van der Waals surface area contributed by atoms with E-state index in [4.69, 9.17) is 21.4 Å². The minimum atomic E-state index is -0.962. The molecule has 0 saturated heterocycles. The van der Waals surface area contributed by atoms with Crippen LogP contribution in [0.5, 0.6) is 11.5 Å². The number of carboxylic acids is 1. The number of para-hydroxylation sites is 1. The van der Waals surface area contributed by atoms with E-state index < -0.39 is 5.97 Å². The van der Waals surface area contributed by atoms with Crippen molar-refractivity contribution in [3.05, 3.63) is 94.5 Å². The van der Waals surface area contributed by atoms with Crippen molar-refractivity contribution in [3.63, 3.8) is 0 Å². The van der Waals surface area contributed by atoms with Crippen LogP contribution >= 0.6 is 11.6 Å². The first-order valence-electron chi connectivity index (χ1n) is 10.1. The fraction of sp³-hybridized carbons (Fsp3) is 0.200. The van der Waals surface area contributed by atoms with Crippen molar-refractivity contribution in [2.75, 3.05) is 6.54 Å². The summed E-state index contributed by atoms with van der Waals surface area (Å²) in [7, 11) is 0. The standard InChI is InChI=1S/C25H22ClNO4/c26-22-3-1-2-4-23(22)31-21-13-11-19(12-14-21)24(28)27(15-17-5-6-17)16-18-7-9-20(10-8-18)25(29)30/h1-4,7-14,17H,5-6,15-16H2,(H,29,30). The molecule has 0 unspecified atom stereocenters. The van der Waals surface area contributed by atoms with E-state index in [1.165, 1.54) is 0 Å². The van der Waals surface area contributed by atoms with E-state index in [0.29, 0.717) is 41.1 Å². The Bertz CT molecular complexity index is 1080. The molecule has 0 aromatic heterocycles. The van der Waals surface area contributed by atoms with Gasteiger partial charge in [0.15, 0.2) is 0 Å². The van der Waals surface area contributed by atoms with Crippen molar-refractivity contribution in [2.45, 2.75) is 19.4 Å². The number of halogens is 1. The first-order valence-corrected chi connectivity index (χ1v) is 10.5. The van der Waals surface area contributed by atoms with E-state index in [-0.39, 0.29) is 11.5 Å². The molecule has 0 aliphatic heterocycles. The van der Waals surface area contributed by atoms with Crippen LogP contribution in [0.2, 0.25) is 5.02 Å². The quantitative estimate of drug-likeness (QED) is 0.479. The number of rotatable bonds is 8. The molecule has 31 heavy (non-hydrogen) atoms. The smallest absolute Gasteiger partial charge is 0.335 e. The van der Waals surface area contributed by atoms with Gasteiger partial charge in [-0.05, 0) is 72.9 Å². The maximum atomic E-state index is 13.2. The summed E-state index contributed by atoms with van der Waals surface area (Å²) >= 11 is 6.14. The Balaban J connectivity index is 1.47. The van der Waals surface area contributed by atoms with Gasteiger partial charge in [0.1, 0.15) is 11.5 Å². The summed E-state index contributed by atoms with van der Waals surface area (Å²) in [5, 5.41) is 9.59. The Kier molecular flexibility index (Phi) is 6.23. The number of carbonyl (C=O) groups excluding carboxylic acids is 1. The van der Waals surface area contributed by atoms with Gasteiger partial charge in [-0.3, -0.25) is 4.79 Å². The van der Waals surface area contributed by atoms with Crippen LogP contribution in [-0.4, -0.2) is 28.4 Å². The Morgan fingerprint density at radius 1 is 0.935 bits per heavy atom. The Morgan fingerprint density at radius 2 is 1.58 bits per heavy atom. The number of ether oxygens (including phenoxy) is 1. The van der Waals surface area contributed by atoms with Gasteiger partial charge < -0.3 is 14.7 Å². The Labute approximate surface area is 185 Å². The van der Waals surface area contributed by atoms with Crippen molar-refractivity contribution in [3.8, 4) is 11.5 Å². The molecule has 5 nitrogen and oxygen atoms in total. The zero-order valence-electron chi connectivity index (χ0n) is 16.8. The molecule has 1 amide bonds. The maximum Gasteiger partial charge on any atom is 0.335 e. The first kappa shape index (κ1) is 20.9. The molecule has 1 aliphatic carbocycles. The predicted molar refractivity (Wildman–Crippen MR) is 119 cm³/mol. The second kappa shape index (κ2) is 9.23. The maximum absolute atomic E-state index is 13.2. The number of carbonyl (C=O) groups is 2. The fourth-order valence-electron chi connectivity index (χ4n) is 3.31. The lowest BCUT2D eigenvalue weighted by molar-refractivity contribution is 0.0693. The van der Waals surface area contributed by atoms with E-state index in [1.807, 2.05) is 17.0 Å². The molecule has 1 fully saturated rings. The van der Waals surface area contributed by atoms with Crippen LogP contribution in [0.1, 0.15) is 39.1 Å². The molecule has 158 valence electrons. The molecule has 4 rings (SSSR count). The highest BCUT2D eigenvalue weighted by Gasteiger charge is 2.27. The van der Waals surface area contributed by atoms with Gasteiger partial charge in [-0.15, -0.1) is 0 Å². The molecule has 0 spiro atoms. The van der Waals surface area contributed by atoms with Crippen LogP contribution in [0.25, 0.3) is 0 Å².